The van der Waals surface area contributed by atoms with Gasteiger partial charge in [-0.3, -0.25) is 4.79 Å². The third kappa shape index (κ3) is 3.43. The third-order valence-corrected chi connectivity index (χ3v) is 5.27. The molecule has 23 heavy (non-hydrogen) atoms. The number of aromatic nitrogens is 2. The molecule has 1 saturated carbocycles. The molecule has 126 valence electrons. The lowest BCUT2D eigenvalue weighted by Crippen LogP contribution is -2.47. The van der Waals surface area contributed by atoms with E-state index in [1.165, 1.54) is 18.5 Å². The van der Waals surface area contributed by atoms with Crippen molar-refractivity contribution >= 4 is 5.91 Å². The van der Waals surface area contributed by atoms with Gasteiger partial charge >= 0.3 is 0 Å². The van der Waals surface area contributed by atoms with Gasteiger partial charge in [0.1, 0.15) is 6.10 Å². The zero-order valence-corrected chi connectivity index (χ0v) is 13.6. The van der Waals surface area contributed by atoms with Gasteiger partial charge in [0.15, 0.2) is 0 Å². The second-order valence-electron chi connectivity index (χ2n) is 7.01. The second-order valence-corrected chi connectivity index (χ2v) is 7.01. The van der Waals surface area contributed by atoms with E-state index in [-0.39, 0.29) is 12.0 Å². The van der Waals surface area contributed by atoms with Gasteiger partial charge in [0.2, 0.25) is 0 Å². The lowest BCUT2D eigenvalue weighted by molar-refractivity contribution is -0.142. The summed E-state index contributed by atoms with van der Waals surface area (Å²) in [7, 11) is 0. The summed E-state index contributed by atoms with van der Waals surface area (Å²) in [5, 5.41) is 3.65. The Kier molecular flexibility index (Phi) is 4.35. The fraction of sp³-hybridized carbons (Fsp3) is 0.765. The molecule has 2 saturated heterocycles. The number of likely N-dealkylation sites (tertiary alicyclic amines) is 1. The van der Waals surface area contributed by atoms with E-state index in [0.29, 0.717) is 12.1 Å². The fourth-order valence-corrected chi connectivity index (χ4v) is 3.68. The van der Waals surface area contributed by atoms with Gasteiger partial charge in [0.05, 0.1) is 12.0 Å². The highest BCUT2D eigenvalue weighted by Gasteiger charge is 2.31. The molecule has 3 aliphatic rings. The van der Waals surface area contributed by atoms with Crippen LogP contribution in [0.3, 0.4) is 0 Å². The van der Waals surface area contributed by atoms with Crippen molar-refractivity contribution in [1.82, 2.24) is 19.8 Å². The van der Waals surface area contributed by atoms with E-state index in [4.69, 9.17) is 4.74 Å². The number of rotatable bonds is 5. The lowest BCUT2D eigenvalue weighted by atomic mass is 10.0. The first kappa shape index (κ1) is 15.1. The number of nitrogens with one attached hydrogen (secondary N) is 1. The Bertz CT molecular complexity index is 541. The van der Waals surface area contributed by atoms with Crippen LogP contribution in [0.25, 0.3) is 0 Å². The van der Waals surface area contributed by atoms with Crippen molar-refractivity contribution in [2.75, 3.05) is 19.7 Å². The second kappa shape index (κ2) is 6.61. The first-order valence-corrected chi connectivity index (χ1v) is 8.96. The van der Waals surface area contributed by atoms with Gasteiger partial charge in [0.25, 0.3) is 5.91 Å². The molecule has 0 radical (unpaired) electrons. The maximum absolute atomic E-state index is 12.3. The highest BCUT2D eigenvalue weighted by molar-refractivity contribution is 5.81. The molecule has 1 amide bonds. The van der Waals surface area contributed by atoms with E-state index in [1.807, 2.05) is 17.4 Å². The van der Waals surface area contributed by atoms with E-state index in [9.17, 15) is 4.79 Å². The van der Waals surface area contributed by atoms with Crippen molar-refractivity contribution in [2.45, 2.75) is 63.3 Å². The van der Waals surface area contributed by atoms with Crippen LogP contribution in [-0.2, 0) is 16.1 Å². The van der Waals surface area contributed by atoms with Crippen molar-refractivity contribution < 1.29 is 9.53 Å². The summed E-state index contributed by atoms with van der Waals surface area (Å²) in [5.41, 5.74) is 1.28. The van der Waals surface area contributed by atoms with Crippen LogP contribution in [-0.4, -0.2) is 52.2 Å². The van der Waals surface area contributed by atoms with Gasteiger partial charge in [-0.15, -0.1) is 0 Å². The molecule has 0 unspecified atom stereocenters. The number of ether oxygens (including phenoxy) is 1. The van der Waals surface area contributed by atoms with E-state index in [1.54, 1.807) is 0 Å². The zero-order chi connectivity index (χ0) is 15.6. The van der Waals surface area contributed by atoms with Gasteiger partial charge in [-0.1, -0.05) is 0 Å². The number of piperidine rings is 1. The zero-order valence-electron chi connectivity index (χ0n) is 13.6. The summed E-state index contributed by atoms with van der Waals surface area (Å²) in [5.74, 6) is 0.202. The molecule has 6 nitrogen and oxygen atoms in total. The predicted molar refractivity (Wildman–Crippen MR) is 85.9 cm³/mol. The monoisotopic (exact) mass is 318 g/mol. The fourth-order valence-electron chi connectivity index (χ4n) is 3.68. The molecule has 0 bridgehead atoms. The number of carbonyl (C=O) groups is 1. The number of hydrogen-bond acceptors (Lipinski definition) is 4. The third-order valence-electron chi connectivity index (χ3n) is 5.27. The van der Waals surface area contributed by atoms with Crippen LogP contribution in [0.1, 0.15) is 50.3 Å². The van der Waals surface area contributed by atoms with Crippen LogP contribution in [0.4, 0.5) is 0 Å². The van der Waals surface area contributed by atoms with Gasteiger partial charge in [-0.2, -0.15) is 0 Å². The number of imidazole rings is 1. The lowest BCUT2D eigenvalue weighted by Gasteiger charge is -2.33. The molecule has 2 aliphatic heterocycles. The van der Waals surface area contributed by atoms with Crippen LogP contribution in [0, 0.1) is 0 Å². The van der Waals surface area contributed by atoms with E-state index >= 15 is 0 Å². The minimum atomic E-state index is -0.174. The van der Waals surface area contributed by atoms with Crippen molar-refractivity contribution in [3.05, 3.63) is 18.2 Å². The predicted octanol–water partition coefficient (Wildman–Crippen LogP) is 1.48. The highest BCUT2D eigenvalue weighted by atomic mass is 16.5. The Morgan fingerprint density at radius 2 is 2.09 bits per heavy atom. The number of hydrogen-bond donors (Lipinski definition) is 1. The summed E-state index contributed by atoms with van der Waals surface area (Å²) in [6.45, 7) is 3.31. The summed E-state index contributed by atoms with van der Waals surface area (Å²) in [6, 6.07) is 1.17. The summed E-state index contributed by atoms with van der Waals surface area (Å²) >= 11 is 0. The smallest absolute Gasteiger partial charge is 0.251 e. The first-order chi connectivity index (χ1) is 11.3. The quantitative estimate of drug-likeness (QED) is 0.893. The number of carbonyl (C=O) groups excluding carboxylic acids is 1. The Hall–Kier alpha value is -1.40. The molecule has 6 heteroatoms. The maximum Gasteiger partial charge on any atom is 0.251 e. The Labute approximate surface area is 137 Å². The number of amides is 1. The van der Waals surface area contributed by atoms with Gasteiger partial charge in [0, 0.05) is 44.5 Å². The standard InChI is InChI=1S/C17H26N4O2/c22-17(16-2-1-9-23-16)20-7-5-13(6-8-20)19-11-15-10-18-12-21(15)14-3-4-14/h10,12-14,16,19H,1-9,11H2/t16-/m0/s1. The number of nitrogens with zero attached hydrogens (tertiary/aromatic N) is 3. The SMILES string of the molecule is O=C([C@@H]1CCCO1)N1CCC(NCc2cncn2C2CC2)CC1. The van der Waals surface area contributed by atoms with Crippen LogP contribution >= 0.6 is 0 Å². The molecule has 3 fully saturated rings. The average Bonchev–Trinajstić information content (AvgIpc) is 3.10. The molecule has 3 heterocycles. The molecule has 0 spiro atoms. The topological polar surface area (TPSA) is 59.4 Å². The van der Waals surface area contributed by atoms with Crippen LogP contribution < -0.4 is 5.32 Å². The molecule has 1 aliphatic carbocycles. The van der Waals surface area contributed by atoms with E-state index in [2.05, 4.69) is 14.9 Å². The molecule has 0 aromatic carbocycles. The largest absolute Gasteiger partial charge is 0.368 e. The molecule has 4 rings (SSSR count). The van der Waals surface area contributed by atoms with E-state index in [0.717, 1.165) is 51.9 Å². The Balaban J connectivity index is 1.23. The van der Waals surface area contributed by atoms with Gasteiger partial charge in [-0.05, 0) is 38.5 Å². The van der Waals surface area contributed by atoms with Crippen LogP contribution in [0.2, 0.25) is 0 Å². The molecule has 1 atom stereocenters. The molecular formula is C17H26N4O2. The van der Waals surface area contributed by atoms with Crippen molar-refractivity contribution in [1.29, 1.82) is 0 Å². The highest BCUT2D eigenvalue weighted by Crippen LogP contribution is 2.35. The molecule has 1 aromatic heterocycles. The average molecular weight is 318 g/mol. The maximum atomic E-state index is 12.3. The molecular weight excluding hydrogens is 292 g/mol. The van der Waals surface area contributed by atoms with Crippen molar-refractivity contribution in [3.63, 3.8) is 0 Å². The van der Waals surface area contributed by atoms with Gasteiger partial charge in [-0.25, -0.2) is 4.98 Å². The minimum Gasteiger partial charge on any atom is -0.368 e. The molecule has 1 N–H and O–H groups in total. The van der Waals surface area contributed by atoms with E-state index < -0.39 is 0 Å². The van der Waals surface area contributed by atoms with Crippen molar-refractivity contribution in [3.8, 4) is 0 Å². The normalized spacial score (nSPS) is 25.9. The summed E-state index contributed by atoms with van der Waals surface area (Å²) in [6.07, 6.45) is 10.3. The molecule has 1 aromatic rings. The van der Waals surface area contributed by atoms with Crippen LogP contribution in [0.15, 0.2) is 12.5 Å². The van der Waals surface area contributed by atoms with Crippen LogP contribution in [0.5, 0.6) is 0 Å². The Morgan fingerprint density at radius 1 is 1.26 bits per heavy atom. The Morgan fingerprint density at radius 3 is 2.78 bits per heavy atom. The first-order valence-electron chi connectivity index (χ1n) is 8.96. The summed E-state index contributed by atoms with van der Waals surface area (Å²) in [4.78, 5) is 18.6. The minimum absolute atomic E-state index is 0.174. The van der Waals surface area contributed by atoms with Gasteiger partial charge < -0.3 is 19.5 Å². The van der Waals surface area contributed by atoms with Crippen molar-refractivity contribution in [2.24, 2.45) is 0 Å². The summed E-state index contributed by atoms with van der Waals surface area (Å²) < 4.78 is 7.82.